The maximum atomic E-state index is 12.0. The van der Waals surface area contributed by atoms with Crippen LogP contribution in [0, 0.1) is 0 Å². The van der Waals surface area contributed by atoms with Gasteiger partial charge < -0.3 is 14.2 Å². The lowest BCUT2D eigenvalue weighted by atomic mass is 10.1. The Morgan fingerprint density at radius 3 is 2.14 bits per heavy atom. The molecule has 116 valence electrons. The van der Waals surface area contributed by atoms with Crippen molar-refractivity contribution in [1.82, 2.24) is 9.97 Å². The minimum absolute atomic E-state index is 0.0989. The monoisotopic (exact) mass is 296 g/mol. The molecule has 0 N–H and O–H groups in total. The normalized spacial score (nSPS) is 10.6. The lowest BCUT2D eigenvalue weighted by Crippen LogP contribution is -2.27. The first kappa shape index (κ1) is 16.9. The van der Waals surface area contributed by atoms with Gasteiger partial charge in [0.1, 0.15) is 0 Å². The maximum Gasteiger partial charge on any atom is 0.326 e. The van der Waals surface area contributed by atoms with Crippen LogP contribution in [0.25, 0.3) is 0 Å². The Morgan fingerprint density at radius 2 is 1.67 bits per heavy atom. The number of aromatic nitrogens is 2. The first-order valence-electron chi connectivity index (χ1n) is 6.81. The van der Waals surface area contributed by atoms with Crippen molar-refractivity contribution < 1.29 is 23.8 Å². The third-order valence-corrected chi connectivity index (χ3v) is 2.33. The predicted molar refractivity (Wildman–Crippen MR) is 73.8 cm³/mol. The molecule has 0 saturated heterocycles. The van der Waals surface area contributed by atoms with E-state index in [0.29, 0.717) is 0 Å². The van der Waals surface area contributed by atoms with Crippen LogP contribution in [0.2, 0.25) is 0 Å². The van der Waals surface area contributed by atoms with Crippen molar-refractivity contribution in [2.24, 2.45) is 0 Å². The molecule has 0 aliphatic heterocycles. The van der Waals surface area contributed by atoms with Crippen LogP contribution in [0.5, 0.6) is 5.88 Å². The third-order valence-electron chi connectivity index (χ3n) is 2.33. The molecule has 1 rings (SSSR count). The SMILES string of the molecule is CCOC(=O)C(C(=O)OCC)c1cncc(OC(C)C)n1. The molecule has 1 heterocycles. The van der Waals surface area contributed by atoms with Gasteiger partial charge in [0, 0.05) is 0 Å². The molecular weight excluding hydrogens is 276 g/mol. The molecule has 7 heteroatoms. The van der Waals surface area contributed by atoms with Crippen molar-refractivity contribution >= 4 is 11.9 Å². The Morgan fingerprint density at radius 1 is 1.10 bits per heavy atom. The smallest absolute Gasteiger partial charge is 0.326 e. The van der Waals surface area contributed by atoms with Gasteiger partial charge in [-0.15, -0.1) is 0 Å². The Labute approximate surface area is 123 Å². The summed E-state index contributed by atoms with van der Waals surface area (Å²) in [5.41, 5.74) is 0.144. The molecule has 0 amide bonds. The first-order chi connectivity index (χ1) is 9.99. The molecule has 1 aromatic heterocycles. The van der Waals surface area contributed by atoms with Gasteiger partial charge in [-0.1, -0.05) is 0 Å². The number of carbonyl (C=O) groups is 2. The Balaban J connectivity index is 3.07. The van der Waals surface area contributed by atoms with Gasteiger partial charge in [0.15, 0.2) is 5.92 Å². The maximum absolute atomic E-state index is 12.0. The zero-order valence-corrected chi connectivity index (χ0v) is 12.7. The van der Waals surface area contributed by atoms with Crippen molar-refractivity contribution in [1.29, 1.82) is 0 Å². The van der Waals surface area contributed by atoms with E-state index in [-0.39, 0.29) is 30.9 Å². The van der Waals surface area contributed by atoms with E-state index in [9.17, 15) is 9.59 Å². The van der Waals surface area contributed by atoms with Crippen molar-refractivity contribution in [3.8, 4) is 5.88 Å². The van der Waals surface area contributed by atoms with Gasteiger partial charge in [-0.05, 0) is 27.7 Å². The van der Waals surface area contributed by atoms with Crippen molar-refractivity contribution in [2.45, 2.75) is 39.7 Å². The number of esters is 2. The summed E-state index contributed by atoms with van der Waals surface area (Å²) in [7, 11) is 0. The zero-order chi connectivity index (χ0) is 15.8. The van der Waals surface area contributed by atoms with Crippen molar-refractivity contribution in [3.63, 3.8) is 0 Å². The van der Waals surface area contributed by atoms with Crippen LogP contribution in [0.3, 0.4) is 0 Å². The summed E-state index contributed by atoms with van der Waals surface area (Å²) in [6.07, 6.45) is 2.64. The molecule has 0 unspecified atom stereocenters. The average Bonchev–Trinajstić information content (AvgIpc) is 2.39. The van der Waals surface area contributed by atoms with E-state index in [0.717, 1.165) is 0 Å². The summed E-state index contributed by atoms with van der Waals surface area (Å²) < 4.78 is 15.2. The molecule has 0 atom stereocenters. The summed E-state index contributed by atoms with van der Waals surface area (Å²) in [5.74, 6) is -2.45. The number of carbonyl (C=O) groups excluding carboxylic acids is 2. The fourth-order valence-electron chi connectivity index (χ4n) is 1.59. The number of nitrogens with zero attached hydrogens (tertiary/aromatic N) is 2. The summed E-state index contributed by atoms with van der Waals surface area (Å²) in [6.45, 7) is 7.30. The van der Waals surface area contributed by atoms with E-state index in [2.05, 4.69) is 9.97 Å². The fraction of sp³-hybridized carbons (Fsp3) is 0.571. The lowest BCUT2D eigenvalue weighted by Gasteiger charge is -2.15. The van der Waals surface area contributed by atoms with Gasteiger partial charge in [0.25, 0.3) is 0 Å². The summed E-state index contributed by atoms with van der Waals surface area (Å²) in [4.78, 5) is 32.0. The van der Waals surface area contributed by atoms with Gasteiger partial charge in [-0.2, -0.15) is 0 Å². The Kier molecular flexibility index (Phi) is 6.58. The second-order valence-electron chi connectivity index (χ2n) is 4.39. The number of hydrogen-bond donors (Lipinski definition) is 0. The van der Waals surface area contributed by atoms with Crippen LogP contribution in [0.4, 0.5) is 0 Å². The molecule has 1 aromatic rings. The molecular formula is C14H20N2O5. The van der Waals surface area contributed by atoms with Crippen LogP contribution in [-0.4, -0.2) is 41.2 Å². The lowest BCUT2D eigenvalue weighted by molar-refractivity contribution is -0.157. The number of hydrogen-bond acceptors (Lipinski definition) is 7. The minimum Gasteiger partial charge on any atom is -0.474 e. The highest BCUT2D eigenvalue weighted by Crippen LogP contribution is 2.19. The van der Waals surface area contributed by atoms with Gasteiger partial charge >= 0.3 is 11.9 Å². The Hall–Kier alpha value is -2.18. The molecule has 0 aliphatic carbocycles. The molecule has 0 fully saturated rings. The third kappa shape index (κ3) is 5.02. The highest BCUT2D eigenvalue weighted by Gasteiger charge is 2.33. The second kappa shape index (κ2) is 8.18. The van der Waals surface area contributed by atoms with Crippen LogP contribution in [-0.2, 0) is 19.1 Å². The fourth-order valence-corrected chi connectivity index (χ4v) is 1.59. The molecule has 0 aliphatic rings. The average molecular weight is 296 g/mol. The van der Waals surface area contributed by atoms with Gasteiger partial charge in [0.2, 0.25) is 5.88 Å². The van der Waals surface area contributed by atoms with Gasteiger partial charge in [-0.3, -0.25) is 14.6 Å². The Bertz CT molecular complexity index is 472. The minimum atomic E-state index is -1.26. The van der Waals surface area contributed by atoms with Crippen LogP contribution in [0.15, 0.2) is 12.4 Å². The number of rotatable bonds is 7. The van der Waals surface area contributed by atoms with E-state index in [4.69, 9.17) is 14.2 Å². The van der Waals surface area contributed by atoms with Gasteiger partial charge in [-0.25, -0.2) is 4.98 Å². The second-order valence-corrected chi connectivity index (χ2v) is 4.39. The molecule has 0 bridgehead atoms. The van der Waals surface area contributed by atoms with Crippen LogP contribution < -0.4 is 4.74 Å². The number of ether oxygens (including phenoxy) is 3. The van der Waals surface area contributed by atoms with E-state index in [1.807, 2.05) is 13.8 Å². The van der Waals surface area contributed by atoms with Crippen molar-refractivity contribution in [2.75, 3.05) is 13.2 Å². The van der Waals surface area contributed by atoms with E-state index in [1.54, 1.807) is 13.8 Å². The predicted octanol–water partition coefficient (Wildman–Crippen LogP) is 1.47. The highest BCUT2D eigenvalue weighted by atomic mass is 16.6. The quantitative estimate of drug-likeness (QED) is 0.556. The van der Waals surface area contributed by atoms with E-state index >= 15 is 0 Å². The summed E-state index contributed by atoms with van der Waals surface area (Å²) in [5, 5.41) is 0. The molecule has 0 aromatic carbocycles. The molecule has 21 heavy (non-hydrogen) atoms. The van der Waals surface area contributed by atoms with Crippen molar-refractivity contribution in [3.05, 3.63) is 18.1 Å². The molecule has 0 spiro atoms. The first-order valence-corrected chi connectivity index (χ1v) is 6.81. The van der Waals surface area contributed by atoms with E-state index in [1.165, 1.54) is 12.4 Å². The highest BCUT2D eigenvalue weighted by molar-refractivity contribution is 6.00. The summed E-state index contributed by atoms with van der Waals surface area (Å²) in [6, 6.07) is 0. The summed E-state index contributed by atoms with van der Waals surface area (Å²) >= 11 is 0. The largest absolute Gasteiger partial charge is 0.474 e. The van der Waals surface area contributed by atoms with Gasteiger partial charge in [0.05, 0.1) is 37.4 Å². The zero-order valence-electron chi connectivity index (χ0n) is 12.7. The van der Waals surface area contributed by atoms with E-state index < -0.39 is 17.9 Å². The molecule has 0 radical (unpaired) electrons. The molecule has 0 saturated carbocycles. The topological polar surface area (TPSA) is 87.6 Å². The molecule has 7 nitrogen and oxygen atoms in total. The standard InChI is InChI=1S/C14H20N2O5/c1-5-19-13(17)12(14(18)20-6-2)10-7-15-8-11(16-10)21-9(3)4/h7-9,12H,5-6H2,1-4H3. The van der Waals surface area contributed by atoms with Crippen LogP contribution in [0.1, 0.15) is 39.3 Å². The van der Waals surface area contributed by atoms with Crippen LogP contribution >= 0.6 is 0 Å².